The first kappa shape index (κ1) is 18.5. The summed E-state index contributed by atoms with van der Waals surface area (Å²) in [5.74, 6) is 1.39. The van der Waals surface area contributed by atoms with Crippen LogP contribution in [0.25, 0.3) is 10.8 Å². The van der Waals surface area contributed by atoms with Crippen LogP contribution in [0.5, 0.6) is 11.6 Å². The maximum Gasteiger partial charge on any atom is 0.219 e. The largest absolute Gasteiger partial charge is 0.439 e. The van der Waals surface area contributed by atoms with Crippen molar-refractivity contribution >= 4 is 10.8 Å². The number of pyridine rings is 1. The van der Waals surface area contributed by atoms with E-state index in [-0.39, 0.29) is 6.10 Å². The molecule has 2 atom stereocenters. The highest BCUT2D eigenvalue weighted by Gasteiger charge is 2.20. The molecule has 0 spiro atoms. The van der Waals surface area contributed by atoms with Crippen molar-refractivity contribution in [3.8, 4) is 11.6 Å². The summed E-state index contributed by atoms with van der Waals surface area (Å²) in [4.78, 5) is 6.76. The molecule has 5 rings (SSSR count). The second-order valence-electron chi connectivity index (χ2n) is 7.97. The molecule has 0 bridgehead atoms. The maximum atomic E-state index is 9.70. The van der Waals surface area contributed by atoms with Crippen molar-refractivity contribution in [3.63, 3.8) is 0 Å². The molecule has 150 valence electrons. The molecule has 0 saturated carbocycles. The summed E-state index contributed by atoms with van der Waals surface area (Å²) >= 11 is 0. The number of hydrazine groups is 1. The fourth-order valence-corrected chi connectivity index (χ4v) is 4.16. The van der Waals surface area contributed by atoms with E-state index >= 15 is 0 Å². The summed E-state index contributed by atoms with van der Waals surface area (Å²) in [6, 6.07) is 17.0. The van der Waals surface area contributed by atoms with Gasteiger partial charge in [0.15, 0.2) is 0 Å². The number of aliphatic hydroxyl groups is 1. The number of nitrogens with zero attached hydrogens (tertiary/aromatic N) is 2. The molecular weight excluding hydrogens is 364 g/mol. The van der Waals surface area contributed by atoms with Gasteiger partial charge in [-0.25, -0.2) is 4.98 Å². The molecule has 3 N–H and O–H groups in total. The molecular formula is C23H26N4O2. The minimum atomic E-state index is -0.177. The van der Waals surface area contributed by atoms with Gasteiger partial charge in [0.1, 0.15) is 5.75 Å². The summed E-state index contributed by atoms with van der Waals surface area (Å²) in [7, 11) is 0. The lowest BCUT2D eigenvalue weighted by molar-refractivity contribution is 0.175. The van der Waals surface area contributed by atoms with Crippen LogP contribution < -0.4 is 15.6 Å². The number of aromatic nitrogens is 1. The molecule has 0 aliphatic carbocycles. The molecule has 2 aliphatic rings. The number of β-amino-alcohol motifs (C(OH)–C–C–N with tert-alkyl or cyclic N) is 1. The molecule has 2 fully saturated rings. The molecule has 2 saturated heterocycles. The van der Waals surface area contributed by atoms with Crippen LogP contribution in [-0.4, -0.2) is 40.7 Å². The van der Waals surface area contributed by atoms with Crippen molar-refractivity contribution in [2.75, 3.05) is 19.6 Å². The van der Waals surface area contributed by atoms with Crippen LogP contribution in [0.4, 0.5) is 0 Å². The van der Waals surface area contributed by atoms with Crippen LogP contribution in [0.3, 0.4) is 0 Å². The molecule has 6 nitrogen and oxygen atoms in total. The lowest BCUT2D eigenvalue weighted by Gasteiger charge is -2.15. The highest BCUT2D eigenvalue weighted by atomic mass is 16.5. The predicted molar refractivity (Wildman–Crippen MR) is 113 cm³/mol. The Hall–Kier alpha value is -2.51. The number of rotatable bonds is 5. The van der Waals surface area contributed by atoms with Crippen LogP contribution in [-0.2, 0) is 6.54 Å². The van der Waals surface area contributed by atoms with Crippen LogP contribution >= 0.6 is 0 Å². The van der Waals surface area contributed by atoms with E-state index in [1.54, 1.807) is 0 Å². The molecule has 1 unspecified atom stereocenters. The smallest absolute Gasteiger partial charge is 0.219 e. The summed E-state index contributed by atoms with van der Waals surface area (Å²) < 4.78 is 5.97. The zero-order valence-electron chi connectivity index (χ0n) is 16.3. The van der Waals surface area contributed by atoms with Crippen molar-refractivity contribution < 1.29 is 9.84 Å². The molecule has 2 aliphatic heterocycles. The van der Waals surface area contributed by atoms with Crippen LogP contribution in [0.2, 0.25) is 0 Å². The van der Waals surface area contributed by atoms with E-state index in [1.807, 2.05) is 18.3 Å². The van der Waals surface area contributed by atoms with E-state index in [0.29, 0.717) is 11.9 Å². The van der Waals surface area contributed by atoms with Crippen molar-refractivity contribution in [2.45, 2.75) is 31.5 Å². The van der Waals surface area contributed by atoms with Gasteiger partial charge in [-0.2, -0.15) is 0 Å². The minimum absolute atomic E-state index is 0.177. The SMILES string of the molecule is O[C@@H]1CCN(Cc2ccc3cc(Oc4ccc(C5CCNN5)cn4)ccc3c2)C1. The number of hydrogen-bond donors (Lipinski definition) is 3. The van der Waals surface area contributed by atoms with Crippen LogP contribution in [0, 0.1) is 0 Å². The second kappa shape index (κ2) is 8.08. The fourth-order valence-electron chi connectivity index (χ4n) is 4.16. The number of hydrogen-bond acceptors (Lipinski definition) is 6. The molecule has 6 heteroatoms. The van der Waals surface area contributed by atoms with Crippen molar-refractivity contribution in [3.05, 3.63) is 65.9 Å². The van der Waals surface area contributed by atoms with Crippen molar-refractivity contribution in [1.82, 2.24) is 20.7 Å². The van der Waals surface area contributed by atoms with Gasteiger partial charge in [0.05, 0.1) is 6.10 Å². The second-order valence-corrected chi connectivity index (χ2v) is 7.97. The lowest BCUT2D eigenvalue weighted by Crippen LogP contribution is -2.24. The average Bonchev–Trinajstić information content (AvgIpc) is 3.41. The fraction of sp³-hybridized carbons (Fsp3) is 0.348. The van der Waals surface area contributed by atoms with Gasteiger partial charge < -0.3 is 9.84 Å². The Labute approximate surface area is 170 Å². The Morgan fingerprint density at radius 1 is 1.07 bits per heavy atom. The maximum absolute atomic E-state index is 9.70. The highest BCUT2D eigenvalue weighted by molar-refractivity contribution is 5.84. The first-order chi connectivity index (χ1) is 14.2. The van der Waals surface area contributed by atoms with E-state index < -0.39 is 0 Å². The predicted octanol–water partition coefficient (Wildman–Crippen LogP) is 3.13. The number of nitrogens with one attached hydrogen (secondary N) is 2. The third-order valence-corrected chi connectivity index (χ3v) is 5.75. The zero-order chi connectivity index (χ0) is 19.6. The van der Waals surface area contributed by atoms with Crippen LogP contribution in [0.15, 0.2) is 54.7 Å². The lowest BCUT2D eigenvalue weighted by atomic mass is 10.1. The third kappa shape index (κ3) is 4.26. The monoisotopic (exact) mass is 390 g/mol. The molecule has 0 radical (unpaired) electrons. The van der Waals surface area contributed by atoms with Gasteiger partial charge in [0.2, 0.25) is 5.88 Å². The Balaban J connectivity index is 1.27. The topological polar surface area (TPSA) is 69.7 Å². The zero-order valence-corrected chi connectivity index (χ0v) is 16.3. The van der Waals surface area contributed by atoms with Gasteiger partial charge >= 0.3 is 0 Å². The minimum Gasteiger partial charge on any atom is -0.439 e. The molecule has 3 heterocycles. The summed E-state index contributed by atoms with van der Waals surface area (Å²) in [5.41, 5.74) is 8.83. The summed E-state index contributed by atoms with van der Waals surface area (Å²) in [5, 5.41) is 12.0. The number of aliphatic hydroxyl groups excluding tert-OH is 1. The Morgan fingerprint density at radius 3 is 2.72 bits per heavy atom. The van der Waals surface area contributed by atoms with Crippen LogP contribution in [0.1, 0.15) is 30.0 Å². The van der Waals surface area contributed by atoms with Gasteiger partial charge in [-0.15, -0.1) is 0 Å². The van der Waals surface area contributed by atoms with Gasteiger partial charge in [0.25, 0.3) is 0 Å². The molecule has 3 aromatic rings. The first-order valence-electron chi connectivity index (χ1n) is 10.3. The third-order valence-electron chi connectivity index (χ3n) is 5.75. The Morgan fingerprint density at radius 2 is 1.97 bits per heavy atom. The van der Waals surface area contributed by atoms with E-state index in [0.717, 1.165) is 50.2 Å². The van der Waals surface area contributed by atoms with E-state index in [2.05, 4.69) is 57.1 Å². The Kier molecular flexibility index (Phi) is 5.16. The van der Waals surface area contributed by atoms with Crippen molar-refractivity contribution in [2.24, 2.45) is 0 Å². The standard InChI is InChI=1S/C23H26N4O2/c28-20-8-10-27(15-20)14-16-1-2-18-12-21(5-3-17(18)11-16)29-23-6-4-19(13-24-23)22-7-9-25-26-22/h1-6,11-13,20,22,25-26,28H,7-10,14-15H2/t20-,22?/m1/s1. The molecule has 29 heavy (non-hydrogen) atoms. The molecule has 0 amide bonds. The van der Waals surface area contributed by atoms with E-state index in [4.69, 9.17) is 4.74 Å². The number of likely N-dealkylation sites (tertiary alicyclic amines) is 1. The molecule has 2 aromatic carbocycles. The quantitative estimate of drug-likeness (QED) is 0.622. The van der Waals surface area contributed by atoms with Crippen molar-refractivity contribution in [1.29, 1.82) is 0 Å². The van der Waals surface area contributed by atoms with Gasteiger partial charge in [0, 0.05) is 44.5 Å². The molecule has 1 aromatic heterocycles. The highest BCUT2D eigenvalue weighted by Crippen LogP contribution is 2.27. The van der Waals surface area contributed by atoms with E-state index in [9.17, 15) is 5.11 Å². The number of fused-ring (bicyclic) bond motifs is 1. The van der Waals surface area contributed by atoms with E-state index in [1.165, 1.54) is 16.5 Å². The first-order valence-corrected chi connectivity index (χ1v) is 10.3. The normalized spacial score (nSPS) is 22.4. The number of benzene rings is 2. The Bertz CT molecular complexity index is 986. The average molecular weight is 390 g/mol. The van der Waals surface area contributed by atoms with Gasteiger partial charge in [-0.05, 0) is 52.9 Å². The summed E-state index contributed by atoms with van der Waals surface area (Å²) in [6.07, 6.45) is 3.64. The van der Waals surface area contributed by atoms with Gasteiger partial charge in [-0.3, -0.25) is 15.8 Å². The number of ether oxygens (including phenoxy) is 1. The summed E-state index contributed by atoms with van der Waals surface area (Å²) in [6.45, 7) is 3.59. The van der Waals surface area contributed by atoms with Gasteiger partial charge in [-0.1, -0.05) is 24.3 Å².